The molecule has 0 aromatic carbocycles. The van der Waals surface area contributed by atoms with Crippen LogP contribution in [0.5, 0.6) is 0 Å². The molecule has 6 atom stereocenters. The van der Waals surface area contributed by atoms with Gasteiger partial charge in [0.2, 0.25) is 0 Å². The van der Waals surface area contributed by atoms with Crippen molar-refractivity contribution in [3.05, 3.63) is 72.9 Å². The number of phosphoric acid groups is 1. The fourth-order valence-electron chi connectivity index (χ4n) is 8.42. The van der Waals surface area contributed by atoms with Crippen LogP contribution < -0.4 is 0 Å². The lowest BCUT2D eigenvalue weighted by atomic mass is 9.85. The molecule has 0 amide bonds. The summed E-state index contributed by atoms with van der Waals surface area (Å²) in [5.74, 6) is -0.487. The van der Waals surface area contributed by atoms with Gasteiger partial charge in [-0.05, 0) is 64.2 Å². The number of hydrogen-bond acceptors (Lipinski definition) is 11. The van der Waals surface area contributed by atoms with Crippen molar-refractivity contribution in [3.63, 3.8) is 0 Å². The highest BCUT2D eigenvalue weighted by atomic mass is 31.2. The number of carbonyl (C=O) groups excluding carboxylic acids is 1. The van der Waals surface area contributed by atoms with Gasteiger partial charge >= 0.3 is 13.8 Å². The van der Waals surface area contributed by atoms with E-state index in [1.807, 2.05) is 0 Å². The summed E-state index contributed by atoms with van der Waals surface area (Å²) in [4.78, 5) is 23.3. The van der Waals surface area contributed by atoms with Crippen LogP contribution in [0.2, 0.25) is 0 Å². The molecule has 71 heavy (non-hydrogen) atoms. The van der Waals surface area contributed by atoms with E-state index in [1.165, 1.54) is 116 Å². The van der Waals surface area contributed by atoms with Crippen molar-refractivity contribution in [1.29, 1.82) is 0 Å². The first-order chi connectivity index (χ1) is 34.5. The summed E-state index contributed by atoms with van der Waals surface area (Å²) in [5.41, 5.74) is 0. The van der Waals surface area contributed by atoms with Crippen LogP contribution in [0.1, 0.15) is 226 Å². The van der Waals surface area contributed by atoms with Gasteiger partial charge in [0.05, 0.1) is 13.2 Å². The van der Waals surface area contributed by atoms with Gasteiger partial charge in [0, 0.05) is 13.0 Å². The third kappa shape index (κ3) is 38.9. The van der Waals surface area contributed by atoms with E-state index in [2.05, 4.69) is 86.8 Å². The van der Waals surface area contributed by atoms with Crippen LogP contribution in [0.3, 0.4) is 0 Å². The number of aliphatic hydroxyl groups excluding tert-OH is 5. The second-order valence-corrected chi connectivity index (χ2v) is 20.8. The van der Waals surface area contributed by atoms with Crippen LogP contribution >= 0.6 is 7.82 Å². The van der Waals surface area contributed by atoms with Crippen molar-refractivity contribution in [1.82, 2.24) is 0 Å². The summed E-state index contributed by atoms with van der Waals surface area (Å²) in [6.07, 6.45) is 51.2. The zero-order chi connectivity index (χ0) is 51.9. The molecule has 0 aromatic heterocycles. The lowest BCUT2D eigenvalue weighted by Crippen LogP contribution is -2.64. The molecule has 0 bridgehead atoms. The lowest BCUT2D eigenvalue weighted by molar-refractivity contribution is -0.220. The number of aliphatic hydroxyl groups is 5. The fourth-order valence-corrected chi connectivity index (χ4v) is 9.39. The number of allylic oxidation sites excluding steroid dienone is 12. The van der Waals surface area contributed by atoms with E-state index in [0.29, 0.717) is 13.0 Å². The Morgan fingerprint density at radius 3 is 1.25 bits per heavy atom. The number of hydrogen-bond donors (Lipinski definition) is 6. The standard InChI is InChI=1S/C58H103O12P/c1-3-5-7-9-11-13-15-17-19-21-23-25-27-29-31-33-35-37-39-41-43-45-47-52(59)69-51(50-68-71(65,66)70-58-56(63)54(61)53(60)55(62)57(58)64)49-67-48-46-44-42-40-38-36-34-32-30-28-26-24-22-20-18-16-14-12-10-8-6-4-2/h6,8,12,14,18,20,24,26,30,32,36,38,51,53-58,60-64H,3-5,7,9-11,13,15-17,19,21-23,25,27-29,31,33-35,37,39-50H2,1-2H3,(H,65,66)/b8-6-,14-12-,20-18-,26-24-,32-30-,38-36-. The molecular formula is C58H103O12P. The number of carbonyl (C=O) groups is 1. The van der Waals surface area contributed by atoms with Gasteiger partial charge in [-0.15, -0.1) is 0 Å². The predicted octanol–water partition coefficient (Wildman–Crippen LogP) is 13.5. The largest absolute Gasteiger partial charge is 0.472 e. The van der Waals surface area contributed by atoms with E-state index >= 15 is 0 Å². The number of phosphoric ester groups is 1. The average Bonchev–Trinajstić information content (AvgIpc) is 3.36. The minimum atomic E-state index is -5.04. The highest BCUT2D eigenvalue weighted by molar-refractivity contribution is 7.47. The summed E-state index contributed by atoms with van der Waals surface area (Å²) < 4.78 is 34.3. The van der Waals surface area contributed by atoms with Gasteiger partial charge in [-0.1, -0.05) is 228 Å². The van der Waals surface area contributed by atoms with Gasteiger partial charge in [0.15, 0.2) is 0 Å². The van der Waals surface area contributed by atoms with E-state index in [1.54, 1.807) is 0 Å². The van der Waals surface area contributed by atoms with E-state index in [4.69, 9.17) is 18.5 Å². The predicted molar refractivity (Wildman–Crippen MR) is 290 cm³/mol. The molecule has 412 valence electrons. The van der Waals surface area contributed by atoms with Crippen molar-refractivity contribution in [2.24, 2.45) is 0 Å². The first-order valence-corrected chi connectivity index (χ1v) is 29.8. The molecule has 13 heteroatoms. The van der Waals surface area contributed by atoms with Crippen LogP contribution in [0.4, 0.5) is 0 Å². The molecule has 6 N–H and O–H groups in total. The SMILES string of the molecule is CC/C=C\C/C=C\C/C=C\C/C=C\C/C=C\C/C=C\CCCCCOCC(COP(=O)(O)OC1C(O)C(O)C(O)C(O)C1O)OC(=O)CCCCCCCCCCCCCCCCCCCCCCCC. The Morgan fingerprint density at radius 2 is 0.831 bits per heavy atom. The summed E-state index contributed by atoms with van der Waals surface area (Å²) in [7, 11) is -5.04. The van der Waals surface area contributed by atoms with E-state index in [9.17, 15) is 39.8 Å². The van der Waals surface area contributed by atoms with Crippen LogP contribution in [-0.4, -0.2) is 98.9 Å². The number of ether oxygens (including phenoxy) is 2. The molecule has 1 saturated carbocycles. The third-order valence-corrected chi connectivity index (χ3v) is 13.8. The Hall–Kier alpha value is -2.22. The molecular weight excluding hydrogens is 920 g/mol. The smallest absolute Gasteiger partial charge is 0.457 e. The topological polar surface area (TPSA) is 192 Å². The van der Waals surface area contributed by atoms with Gasteiger partial charge in [-0.3, -0.25) is 13.8 Å². The zero-order valence-corrected chi connectivity index (χ0v) is 45.4. The molecule has 1 fully saturated rings. The number of esters is 1. The number of rotatable bonds is 48. The fraction of sp³-hybridized carbons (Fsp3) is 0.776. The van der Waals surface area contributed by atoms with Gasteiger partial charge in [-0.2, -0.15) is 0 Å². The molecule has 0 aromatic rings. The number of unbranched alkanes of at least 4 members (excludes halogenated alkanes) is 24. The molecule has 0 spiro atoms. The van der Waals surface area contributed by atoms with Crippen LogP contribution in [0, 0.1) is 0 Å². The highest BCUT2D eigenvalue weighted by Crippen LogP contribution is 2.47. The maximum atomic E-state index is 12.9. The molecule has 12 nitrogen and oxygen atoms in total. The summed E-state index contributed by atoms with van der Waals surface area (Å²) >= 11 is 0. The Labute approximate surface area is 431 Å². The molecule has 1 aliphatic rings. The van der Waals surface area contributed by atoms with Crippen molar-refractivity contribution in [3.8, 4) is 0 Å². The minimum Gasteiger partial charge on any atom is -0.457 e. The molecule has 1 rings (SSSR count). The first kappa shape index (κ1) is 66.8. The van der Waals surface area contributed by atoms with Gasteiger partial charge < -0.3 is 39.9 Å². The van der Waals surface area contributed by atoms with E-state index < -0.39 is 63.1 Å². The molecule has 0 radical (unpaired) electrons. The van der Waals surface area contributed by atoms with Crippen LogP contribution in [0.25, 0.3) is 0 Å². The average molecular weight is 1020 g/mol. The van der Waals surface area contributed by atoms with Crippen molar-refractivity contribution in [2.45, 2.75) is 268 Å². The zero-order valence-electron chi connectivity index (χ0n) is 44.5. The first-order valence-electron chi connectivity index (χ1n) is 28.3. The summed E-state index contributed by atoms with van der Waals surface area (Å²) in [5, 5.41) is 50.4. The van der Waals surface area contributed by atoms with E-state index in [-0.39, 0.29) is 13.0 Å². The molecule has 1 aliphatic carbocycles. The highest BCUT2D eigenvalue weighted by Gasteiger charge is 2.51. The summed E-state index contributed by atoms with van der Waals surface area (Å²) in [6.45, 7) is 4.10. The van der Waals surface area contributed by atoms with Gasteiger partial charge in [-0.25, -0.2) is 4.57 Å². The lowest BCUT2D eigenvalue weighted by Gasteiger charge is -2.41. The molecule has 6 unspecified atom stereocenters. The van der Waals surface area contributed by atoms with Gasteiger partial charge in [0.1, 0.15) is 42.7 Å². The Balaban J connectivity index is 2.33. The molecule has 0 aliphatic heterocycles. The molecule has 0 saturated heterocycles. The quantitative estimate of drug-likeness (QED) is 0.0146. The van der Waals surface area contributed by atoms with Crippen molar-refractivity contribution in [2.75, 3.05) is 19.8 Å². The van der Waals surface area contributed by atoms with Crippen molar-refractivity contribution >= 4 is 13.8 Å². The summed E-state index contributed by atoms with van der Waals surface area (Å²) in [6, 6.07) is 0. The molecule has 0 heterocycles. The Bertz CT molecular complexity index is 1450. The monoisotopic (exact) mass is 1020 g/mol. The second-order valence-electron chi connectivity index (χ2n) is 19.4. The van der Waals surface area contributed by atoms with Crippen LogP contribution in [-0.2, 0) is 27.9 Å². The van der Waals surface area contributed by atoms with Gasteiger partial charge in [0.25, 0.3) is 0 Å². The maximum absolute atomic E-state index is 12.9. The maximum Gasteiger partial charge on any atom is 0.472 e. The Kier molecular flexibility index (Phi) is 44.7. The van der Waals surface area contributed by atoms with Crippen LogP contribution in [0.15, 0.2) is 72.9 Å². The van der Waals surface area contributed by atoms with E-state index in [0.717, 1.165) is 83.5 Å². The second kappa shape index (κ2) is 47.5. The normalized spacial score (nSPS) is 21.3. The Morgan fingerprint density at radius 1 is 0.465 bits per heavy atom. The minimum absolute atomic E-state index is 0.101. The van der Waals surface area contributed by atoms with Crippen molar-refractivity contribution < 1.29 is 58.3 Å². The third-order valence-electron chi connectivity index (χ3n) is 12.8.